The van der Waals surface area contributed by atoms with Gasteiger partial charge in [-0.25, -0.2) is 0 Å². The third kappa shape index (κ3) is 4.13. The van der Waals surface area contributed by atoms with Crippen molar-refractivity contribution in [1.29, 1.82) is 0 Å². The van der Waals surface area contributed by atoms with Gasteiger partial charge in [0.2, 0.25) is 0 Å². The standard InChI is InChI=1S/C16H15ClO4/c1-20-14-4-2-3-11(9-14)15(16(18)19)10-21-13-7-5-12(17)6-8-13/h2-9,15H,10H2,1H3,(H,18,19). The lowest BCUT2D eigenvalue weighted by Crippen LogP contribution is -2.19. The van der Waals surface area contributed by atoms with Crippen molar-refractivity contribution < 1.29 is 19.4 Å². The van der Waals surface area contributed by atoms with Crippen molar-refractivity contribution in [1.82, 2.24) is 0 Å². The van der Waals surface area contributed by atoms with Crippen LogP contribution in [0, 0.1) is 0 Å². The molecule has 0 saturated carbocycles. The van der Waals surface area contributed by atoms with Crippen molar-refractivity contribution in [3.63, 3.8) is 0 Å². The van der Waals surface area contributed by atoms with Gasteiger partial charge in [-0.05, 0) is 42.0 Å². The summed E-state index contributed by atoms with van der Waals surface area (Å²) >= 11 is 5.79. The van der Waals surface area contributed by atoms with Gasteiger partial charge < -0.3 is 14.6 Å². The highest BCUT2D eigenvalue weighted by molar-refractivity contribution is 6.30. The second kappa shape index (κ2) is 6.99. The third-order valence-electron chi connectivity index (χ3n) is 3.02. The first-order chi connectivity index (χ1) is 10.1. The monoisotopic (exact) mass is 306 g/mol. The van der Waals surface area contributed by atoms with Crippen molar-refractivity contribution >= 4 is 17.6 Å². The number of hydrogen-bond acceptors (Lipinski definition) is 3. The fourth-order valence-corrected chi connectivity index (χ4v) is 2.00. The summed E-state index contributed by atoms with van der Waals surface area (Å²) in [6, 6.07) is 13.8. The summed E-state index contributed by atoms with van der Waals surface area (Å²) in [7, 11) is 1.54. The van der Waals surface area contributed by atoms with E-state index in [0.717, 1.165) is 0 Å². The van der Waals surface area contributed by atoms with Gasteiger partial charge in [0.05, 0.1) is 7.11 Å². The molecule has 0 heterocycles. The average molecular weight is 307 g/mol. The van der Waals surface area contributed by atoms with Crippen molar-refractivity contribution in [3.8, 4) is 11.5 Å². The molecule has 110 valence electrons. The van der Waals surface area contributed by atoms with Gasteiger partial charge in [-0.3, -0.25) is 4.79 Å². The molecule has 0 bridgehead atoms. The first-order valence-electron chi connectivity index (χ1n) is 6.35. The number of carbonyl (C=O) groups is 1. The van der Waals surface area contributed by atoms with Gasteiger partial charge in [0.1, 0.15) is 24.0 Å². The predicted octanol–water partition coefficient (Wildman–Crippen LogP) is 3.60. The number of hydrogen-bond donors (Lipinski definition) is 1. The summed E-state index contributed by atoms with van der Waals surface area (Å²) in [6.07, 6.45) is 0. The van der Waals surface area contributed by atoms with Crippen LogP contribution in [0.2, 0.25) is 5.02 Å². The molecular formula is C16H15ClO4. The fourth-order valence-electron chi connectivity index (χ4n) is 1.88. The summed E-state index contributed by atoms with van der Waals surface area (Å²) in [5, 5.41) is 9.97. The molecule has 1 unspecified atom stereocenters. The van der Waals surface area contributed by atoms with Crippen LogP contribution in [0.15, 0.2) is 48.5 Å². The minimum Gasteiger partial charge on any atom is -0.497 e. The van der Waals surface area contributed by atoms with E-state index in [4.69, 9.17) is 21.1 Å². The van der Waals surface area contributed by atoms with Gasteiger partial charge >= 0.3 is 5.97 Å². The Morgan fingerprint density at radius 2 is 1.90 bits per heavy atom. The number of carboxylic acids is 1. The Balaban J connectivity index is 2.12. The van der Waals surface area contributed by atoms with Crippen molar-refractivity contribution in [2.45, 2.75) is 5.92 Å². The van der Waals surface area contributed by atoms with Gasteiger partial charge in [-0.2, -0.15) is 0 Å². The second-order valence-electron chi connectivity index (χ2n) is 4.43. The molecule has 0 saturated heterocycles. The second-order valence-corrected chi connectivity index (χ2v) is 4.87. The maximum atomic E-state index is 11.4. The van der Waals surface area contributed by atoms with Crippen LogP contribution in [0.5, 0.6) is 11.5 Å². The molecule has 2 aromatic rings. The molecule has 0 aliphatic rings. The third-order valence-corrected chi connectivity index (χ3v) is 3.28. The van der Waals surface area contributed by atoms with Crippen LogP contribution in [-0.2, 0) is 4.79 Å². The predicted molar refractivity (Wildman–Crippen MR) is 80.3 cm³/mol. The molecule has 0 spiro atoms. The van der Waals surface area contributed by atoms with Crippen LogP contribution in [-0.4, -0.2) is 24.8 Å². The Kier molecular flexibility index (Phi) is 5.06. The molecule has 0 aliphatic carbocycles. The lowest BCUT2D eigenvalue weighted by Gasteiger charge is -2.15. The van der Waals surface area contributed by atoms with E-state index in [1.54, 1.807) is 55.6 Å². The summed E-state index contributed by atoms with van der Waals surface area (Å²) in [4.78, 5) is 11.4. The molecule has 1 N–H and O–H groups in total. The van der Waals surface area contributed by atoms with Crippen molar-refractivity contribution in [2.75, 3.05) is 13.7 Å². The Bertz CT molecular complexity index is 610. The largest absolute Gasteiger partial charge is 0.497 e. The minimum absolute atomic E-state index is 0.0319. The lowest BCUT2D eigenvalue weighted by molar-refractivity contribution is -0.139. The summed E-state index contributed by atoms with van der Waals surface area (Å²) in [5.41, 5.74) is 0.635. The highest BCUT2D eigenvalue weighted by Gasteiger charge is 2.21. The van der Waals surface area contributed by atoms with Crippen LogP contribution < -0.4 is 9.47 Å². The number of aliphatic carboxylic acids is 1. The number of methoxy groups -OCH3 is 1. The van der Waals surface area contributed by atoms with Gasteiger partial charge in [-0.1, -0.05) is 23.7 Å². The smallest absolute Gasteiger partial charge is 0.314 e. The van der Waals surface area contributed by atoms with Crippen LogP contribution in [0.25, 0.3) is 0 Å². The lowest BCUT2D eigenvalue weighted by atomic mass is 10.00. The zero-order valence-electron chi connectivity index (χ0n) is 11.5. The van der Waals surface area contributed by atoms with Crippen molar-refractivity contribution in [3.05, 3.63) is 59.1 Å². The van der Waals surface area contributed by atoms with Crippen molar-refractivity contribution in [2.24, 2.45) is 0 Å². The normalized spacial score (nSPS) is 11.7. The van der Waals surface area contributed by atoms with Gasteiger partial charge in [0.25, 0.3) is 0 Å². The van der Waals surface area contributed by atoms with Gasteiger partial charge in [0.15, 0.2) is 0 Å². The Labute approximate surface area is 127 Å². The van der Waals surface area contributed by atoms with Crippen LogP contribution in [0.1, 0.15) is 11.5 Å². The maximum Gasteiger partial charge on any atom is 0.314 e. The quantitative estimate of drug-likeness (QED) is 0.886. The van der Waals surface area contributed by atoms with Crippen LogP contribution in [0.3, 0.4) is 0 Å². The molecule has 2 aromatic carbocycles. The number of carboxylic acid groups (broad SMARTS) is 1. The molecular weight excluding hydrogens is 292 g/mol. The zero-order valence-corrected chi connectivity index (χ0v) is 12.2. The molecule has 0 aromatic heterocycles. The number of rotatable bonds is 6. The Morgan fingerprint density at radius 1 is 1.19 bits per heavy atom. The Morgan fingerprint density at radius 3 is 2.52 bits per heavy atom. The minimum atomic E-state index is -0.947. The van der Waals surface area contributed by atoms with E-state index in [9.17, 15) is 9.90 Å². The fraction of sp³-hybridized carbons (Fsp3) is 0.188. The molecule has 5 heteroatoms. The topological polar surface area (TPSA) is 55.8 Å². The van der Waals surface area contributed by atoms with E-state index in [-0.39, 0.29) is 6.61 Å². The highest BCUT2D eigenvalue weighted by Crippen LogP contribution is 2.23. The van der Waals surface area contributed by atoms with E-state index in [1.807, 2.05) is 0 Å². The summed E-state index contributed by atoms with van der Waals surface area (Å²) in [6.45, 7) is 0.0319. The molecule has 4 nitrogen and oxygen atoms in total. The summed E-state index contributed by atoms with van der Waals surface area (Å²) in [5.74, 6) is -0.521. The summed E-state index contributed by atoms with van der Waals surface area (Å²) < 4.78 is 10.6. The van der Waals surface area contributed by atoms with Gasteiger partial charge in [0, 0.05) is 5.02 Å². The van der Waals surface area contributed by atoms with Crippen LogP contribution in [0.4, 0.5) is 0 Å². The van der Waals surface area contributed by atoms with Gasteiger partial charge in [-0.15, -0.1) is 0 Å². The first-order valence-corrected chi connectivity index (χ1v) is 6.73. The van der Waals surface area contributed by atoms with Crippen LogP contribution >= 0.6 is 11.6 Å². The Hall–Kier alpha value is -2.20. The maximum absolute atomic E-state index is 11.4. The molecule has 1 atom stereocenters. The number of ether oxygens (including phenoxy) is 2. The first kappa shape index (κ1) is 15.2. The molecule has 0 aliphatic heterocycles. The van der Waals surface area contributed by atoms with E-state index in [2.05, 4.69) is 0 Å². The molecule has 2 rings (SSSR count). The molecule has 0 radical (unpaired) electrons. The number of benzene rings is 2. The van der Waals surface area contributed by atoms with E-state index >= 15 is 0 Å². The van der Waals surface area contributed by atoms with E-state index in [0.29, 0.717) is 22.1 Å². The highest BCUT2D eigenvalue weighted by atomic mass is 35.5. The van der Waals surface area contributed by atoms with E-state index < -0.39 is 11.9 Å². The average Bonchev–Trinajstić information content (AvgIpc) is 2.49. The molecule has 21 heavy (non-hydrogen) atoms. The number of halogens is 1. The SMILES string of the molecule is COc1cccc(C(COc2ccc(Cl)cc2)C(=O)O)c1. The van der Waals surface area contributed by atoms with E-state index in [1.165, 1.54) is 0 Å². The zero-order chi connectivity index (χ0) is 15.2. The molecule has 0 amide bonds. The molecule has 0 fully saturated rings.